The van der Waals surface area contributed by atoms with Gasteiger partial charge in [-0.2, -0.15) is 0 Å². The predicted octanol–water partition coefficient (Wildman–Crippen LogP) is -1.17. The van der Waals surface area contributed by atoms with E-state index in [1.807, 2.05) is 0 Å². The van der Waals surface area contributed by atoms with Gasteiger partial charge in [-0.25, -0.2) is 0 Å². The first kappa shape index (κ1) is 9.42. The molecule has 0 aromatic carbocycles. The standard InChI is InChI=1S/C8H14O6/c1-5(9)13-3-7(11)8(12)4-14-6(2)10/h7-8,11-12H,3-4H2,1-2H3/t7-,8-/m1/s1/i1D,2D. The van der Waals surface area contributed by atoms with E-state index >= 15 is 0 Å². The zero-order valence-electron chi connectivity index (χ0n) is 9.51. The van der Waals surface area contributed by atoms with Gasteiger partial charge >= 0.3 is 11.9 Å². The molecule has 0 saturated carbocycles. The summed E-state index contributed by atoms with van der Waals surface area (Å²) in [5.41, 5.74) is 0. The van der Waals surface area contributed by atoms with Gasteiger partial charge in [0, 0.05) is 16.5 Å². The van der Waals surface area contributed by atoms with Crippen LogP contribution in [0.4, 0.5) is 0 Å². The normalized spacial score (nSPS) is 16.1. The molecule has 2 N–H and O–H groups in total. The SMILES string of the molecule is [2H]CC(=O)OC[C@@H](O)[C@H](O)COC(=O)C[2H]. The van der Waals surface area contributed by atoms with E-state index in [-0.39, 0.29) is 0 Å². The van der Waals surface area contributed by atoms with Crippen LogP contribution < -0.4 is 0 Å². The number of hydrogen-bond donors (Lipinski definition) is 2. The highest BCUT2D eigenvalue weighted by Gasteiger charge is 2.18. The van der Waals surface area contributed by atoms with Crippen molar-refractivity contribution in [2.75, 3.05) is 13.2 Å². The molecule has 0 bridgehead atoms. The predicted molar refractivity (Wildman–Crippen MR) is 45.3 cm³/mol. The maximum atomic E-state index is 10.5. The fourth-order valence-corrected chi connectivity index (χ4v) is 0.579. The smallest absolute Gasteiger partial charge is 0.302 e. The van der Waals surface area contributed by atoms with E-state index in [1.54, 1.807) is 0 Å². The number of rotatable bonds is 5. The van der Waals surface area contributed by atoms with Gasteiger partial charge in [0.05, 0.1) is 0 Å². The van der Waals surface area contributed by atoms with Crippen LogP contribution in [0.1, 0.15) is 16.5 Å². The average molecular weight is 208 g/mol. The molecule has 2 atom stereocenters. The van der Waals surface area contributed by atoms with Crippen molar-refractivity contribution in [1.82, 2.24) is 0 Å². The van der Waals surface area contributed by atoms with Gasteiger partial charge in [0.25, 0.3) is 0 Å². The van der Waals surface area contributed by atoms with Crippen molar-refractivity contribution in [3.63, 3.8) is 0 Å². The molecule has 6 nitrogen and oxygen atoms in total. The molecule has 0 spiro atoms. The van der Waals surface area contributed by atoms with E-state index < -0.39 is 51.2 Å². The van der Waals surface area contributed by atoms with Crippen LogP contribution in [-0.2, 0) is 19.1 Å². The van der Waals surface area contributed by atoms with E-state index in [4.69, 9.17) is 2.74 Å². The number of ether oxygens (including phenoxy) is 2. The van der Waals surface area contributed by atoms with Crippen molar-refractivity contribution in [1.29, 1.82) is 0 Å². The lowest BCUT2D eigenvalue weighted by atomic mass is 10.2. The van der Waals surface area contributed by atoms with Crippen molar-refractivity contribution in [3.05, 3.63) is 0 Å². The van der Waals surface area contributed by atoms with Gasteiger partial charge in [-0.15, -0.1) is 0 Å². The number of esters is 2. The van der Waals surface area contributed by atoms with Crippen molar-refractivity contribution in [2.45, 2.75) is 26.0 Å². The molecular formula is C8H14O6. The third-order valence-electron chi connectivity index (χ3n) is 1.27. The molecule has 0 aliphatic carbocycles. The number of aliphatic hydroxyl groups is 2. The topological polar surface area (TPSA) is 93.1 Å². The first-order valence-corrected chi connectivity index (χ1v) is 3.77. The molecule has 0 heterocycles. The van der Waals surface area contributed by atoms with E-state index in [2.05, 4.69) is 9.47 Å². The van der Waals surface area contributed by atoms with Crippen molar-refractivity contribution >= 4 is 11.9 Å². The Bertz CT molecular complexity index is 211. The summed E-state index contributed by atoms with van der Waals surface area (Å²) in [4.78, 5) is 21.1. The molecule has 0 aliphatic heterocycles. The Hall–Kier alpha value is -1.14. The third-order valence-corrected chi connectivity index (χ3v) is 1.27. The van der Waals surface area contributed by atoms with Gasteiger partial charge in [-0.05, 0) is 0 Å². The highest BCUT2D eigenvalue weighted by atomic mass is 16.6. The number of aliphatic hydroxyl groups excluding tert-OH is 2. The highest BCUT2D eigenvalue weighted by molar-refractivity contribution is 5.66. The molecule has 0 unspecified atom stereocenters. The number of hydrogen-bond acceptors (Lipinski definition) is 6. The lowest BCUT2D eigenvalue weighted by Crippen LogP contribution is -2.35. The molecule has 0 amide bonds. The van der Waals surface area contributed by atoms with Gasteiger partial charge in [0.15, 0.2) is 0 Å². The first-order valence-electron chi connectivity index (χ1n) is 5.18. The summed E-state index contributed by atoms with van der Waals surface area (Å²) in [6.07, 6.45) is -2.79. The summed E-state index contributed by atoms with van der Waals surface area (Å²) in [5, 5.41) is 18.4. The minimum absolute atomic E-state index is 0.475. The van der Waals surface area contributed by atoms with Crippen molar-refractivity contribution < 1.29 is 32.0 Å². The summed E-state index contributed by atoms with van der Waals surface area (Å²) in [6.45, 7) is -2.10. The Kier molecular flexibility index (Phi) is 4.26. The monoisotopic (exact) mass is 208 g/mol. The lowest BCUT2D eigenvalue weighted by molar-refractivity contribution is -0.153. The van der Waals surface area contributed by atoms with Crippen LogP contribution in [0.25, 0.3) is 0 Å². The summed E-state index contributed by atoms with van der Waals surface area (Å²) in [5.74, 6) is -1.65. The largest absolute Gasteiger partial charge is 0.463 e. The summed E-state index contributed by atoms with van der Waals surface area (Å²) in [6, 6.07) is 0. The van der Waals surface area contributed by atoms with Gasteiger partial charge in [-0.3, -0.25) is 9.59 Å². The lowest BCUT2D eigenvalue weighted by Gasteiger charge is -2.16. The van der Waals surface area contributed by atoms with Crippen LogP contribution in [-0.4, -0.2) is 47.6 Å². The molecule has 0 radical (unpaired) electrons. The Labute approximate surface area is 84.2 Å². The van der Waals surface area contributed by atoms with Crippen molar-refractivity contribution in [2.24, 2.45) is 0 Å². The Morgan fingerprint density at radius 1 is 1.14 bits per heavy atom. The van der Waals surface area contributed by atoms with Gasteiger partial charge in [0.2, 0.25) is 0 Å². The fraction of sp³-hybridized carbons (Fsp3) is 0.750. The van der Waals surface area contributed by atoms with Crippen LogP contribution in [0.15, 0.2) is 0 Å². The molecule has 0 aromatic heterocycles. The van der Waals surface area contributed by atoms with Crippen LogP contribution >= 0.6 is 0 Å². The Balaban J connectivity index is 3.76. The maximum Gasteiger partial charge on any atom is 0.302 e. The van der Waals surface area contributed by atoms with Gasteiger partial charge < -0.3 is 19.7 Å². The van der Waals surface area contributed by atoms with E-state index in [0.717, 1.165) is 0 Å². The molecule has 0 aliphatic rings. The Morgan fingerprint density at radius 3 is 1.79 bits per heavy atom. The summed E-state index contributed by atoms with van der Waals surface area (Å²) in [7, 11) is 0. The van der Waals surface area contributed by atoms with E-state index in [1.165, 1.54) is 0 Å². The van der Waals surface area contributed by atoms with Gasteiger partial charge in [0.1, 0.15) is 25.4 Å². The number of carbonyl (C=O) groups excluding carboxylic acids is 2. The molecule has 14 heavy (non-hydrogen) atoms. The molecule has 0 fully saturated rings. The first-order chi connectivity index (χ1) is 7.51. The minimum atomic E-state index is -1.39. The van der Waals surface area contributed by atoms with E-state index in [9.17, 15) is 19.8 Å². The molecule has 0 saturated heterocycles. The van der Waals surface area contributed by atoms with E-state index in [0.29, 0.717) is 0 Å². The maximum absolute atomic E-state index is 10.5. The van der Waals surface area contributed by atoms with Crippen LogP contribution in [0.2, 0.25) is 0 Å². The highest BCUT2D eigenvalue weighted by Crippen LogP contribution is 1.96. The molecule has 0 aromatic rings. The molecule has 82 valence electrons. The quantitative estimate of drug-likeness (QED) is 0.553. The van der Waals surface area contributed by atoms with Crippen LogP contribution in [0, 0.1) is 0 Å². The average Bonchev–Trinajstić information content (AvgIpc) is 2.31. The number of carbonyl (C=O) groups is 2. The van der Waals surface area contributed by atoms with Gasteiger partial charge in [-0.1, -0.05) is 0 Å². The molecular weight excluding hydrogens is 192 g/mol. The van der Waals surface area contributed by atoms with Crippen molar-refractivity contribution in [3.8, 4) is 0 Å². The van der Waals surface area contributed by atoms with Crippen LogP contribution in [0.3, 0.4) is 0 Å². The summed E-state index contributed by atoms with van der Waals surface area (Å²) >= 11 is 0. The second kappa shape index (κ2) is 6.33. The third kappa shape index (κ3) is 6.38. The molecule has 6 heteroatoms. The van der Waals surface area contributed by atoms with Crippen LogP contribution in [0.5, 0.6) is 0 Å². The zero-order valence-corrected chi connectivity index (χ0v) is 7.51. The second-order valence-electron chi connectivity index (χ2n) is 2.50. The Morgan fingerprint density at radius 2 is 1.50 bits per heavy atom. The second-order valence-corrected chi connectivity index (χ2v) is 2.50. The summed E-state index contributed by atoms with van der Waals surface area (Å²) < 4.78 is 22.0. The zero-order chi connectivity index (χ0) is 12.6. The molecule has 0 rings (SSSR count). The minimum Gasteiger partial charge on any atom is -0.463 e. The fourth-order valence-electron chi connectivity index (χ4n) is 0.579.